The number of amidine groups is 1. The van der Waals surface area contributed by atoms with Gasteiger partial charge in [0, 0.05) is 11.6 Å². The minimum Gasteiger partial charge on any atom is -0.502 e. The molecule has 0 bridgehead atoms. The lowest BCUT2D eigenvalue weighted by molar-refractivity contribution is -0.394. The number of nitro groups is 2. The van der Waals surface area contributed by atoms with Gasteiger partial charge in [-0.3, -0.25) is 29.9 Å². The predicted molar refractivity (Wildman–Crippen MR) is 124 cm³/mol. The second kappa shape index (κ2) is 8.93. The van der Waals surface area contributed by atoms with Gasteiger partial charge in [-0.05, 0) is 42.1 Å². The molecule has 4 rings (SSSR count). The number of benzene rings is 3. The number of nitro benzene ring substituents is 2. The smallest absolute Gasteiger partial charge is 0.318 e. The van der Waals surface area contributed by atoms with Crippen LogP contribution in [0.4, 0.5) is 22.7 Å². The Morgan fingerprint density at radius 3 is 2.18 bits per heavy atom. The van der Waals surface area contributed by atoms with E-state index in [9.17, 15) is 30.1 Å². The predicted octanol–water partition coefficient (Wildman–Crippen LogP) is 5.02. The number of rotatable bonds is 5. The van der Waals surface area contributed by atoms with Gasteiger partial charge in [0.15, 0.2) is 5.17 Å². The van der Waals surface area contributed by atoms with Gasteiger partial charge in [0.25, 0.3) is 11.6 Å². The highest BCUT2D eigenvalue weighted by molar-refractivity contribution is 8.19. The van der Waals surface area contributed by atoms with E-state index in [4.69, 9.17) is 0 Å². The van der Waals surface area contributed by atoms with Crippen LogP contribution in [0, 0.1) is 20.2 Å². The average molecular weight is 462 g/mol. The van der Waals surface area contributed by atoms with Gasteiger partial charge >= 0.3 is 5.69 Å². The van der Waals surface area contributed by atoms with Gasteiger partial charge in [-0.2, -0.15) is 0 Å². The van der Waals surface area contributed by atoms with Crippen LogP contribution in [0.3, 0.4) is 0 Å². The summed E-state index contributed by atoms with van der Waals surface area (Å²) in [4.78, 5) is 40.0. The topological polar surface area (TPSA) is 139 Å². The van der Waals surface area contributed by atoms with Crippen molar-refractivity contribution in [2.24, 2.45) is 4.99 Å². The fourth-order valence-corrected chi connectivity index (χ4v) is 4.08. The third-order valence-electron chi connectivity index (χ3n) is 4.60. The Morgan fingerprint density at radius 1 is 0.939 bits per heavy atom. The van der Waals surface area contributed by atoms with Crippen LogP contribution in [0.2, 0.25) is 0 Å². The highest BCUT2D eigenvalue weighted by atomic mass is 32.2. The number of nitrogens with zero attached hydrogens (tertiary/aromatic N) is 4. The molecule has 1 aliphatic rings. The first-order chi connectivity index (χ1) is 15.8. The van der Waals surface area contributed by atoms with Crippen molar-refractivity contribution in [2.75, 3.05) is 4.90 Å². The minimum absolute atomic E-state index is 0.0821. The first kappa shape index (κ1) is 21.7. The number of carbonyl (C=O) groups excluding carboxylic acids is 1. The Bertz CT molecular complexity index is 1330. The van der Waals surface area contributed by atoms with Gasteiger partial charge in [0.2, 0.25) is 5.75 Å². The summed E-state index contributed by atoms with van der Waals surface area (Å²) in [6.07, 6.45) is 1.19. The van der Waals surface area contributed by atoms with E-state index in [1.165, 1.54) is 11.0 Å². The van der Waals surface area contributed by atoms with Crippen LogP contribution >= 0.6 is 11.8 Å². The number of thioether (sulfide) groups is 1. The summed E-state index contributed by atoms with van der Waals surface area (Å²) in [5, 5.41) is 33.1. The molecule has 1 heterocycles. The molecule has 0 aliphatic carbocycles. The minimum atomic E-state index is -0.924. The molecule has 0 unspecified atom stereocenters. The molecule has 1 saturated heterocycles. The molecule has 0 radical (unpaired) electrons. The van der Waals surface area contributed by atoms with Crippen molar-refractivity contribution < 1.29 is 19.7 Å². The van der Waals surface area contributed by atoms with Crippen LogP contribution in [0.15, 0.2) is 82.7 Å². The van der Waals surface area contributed by atoms with E-state index in [0.717, 1.165) is 17.8 Å². The lowest BCUT2D eigenvalue weighted by Gasteiger charge is -2.15. The van der Waals surface area contributed by atoms with E-state index >= 15 is 0 Å². The van der Waals surface area contributed by atoms with Gasteiger partial charge in [0.1, 0.15) is 0 Å². The maximum absolute atomic E-state index is 13.3. The number of phenols is 1. The fraction of sp³-hybridized carbons (Fsp3) is 0. The Kier molecular flexibility index (Phi) is 5.87. The second-order valence-electron chi connectivity index (χ2n) is 6.73. The summed E-state index contributed by atoms with van der Waals surface area (Å²) in [6, 6.07) is 19.3. The van der Waals surface area contributed by atoms with Crippen LogP contribution in [-0.2, 0) is 4.79 Å². The summed E-state index contributed by atoms with van der Waals surface area (Å²) in [6.45, 7) is 0. The third kappa shape index (κ3) is 4.43. The van der Waals surface area contributed by atoms with Gasteiger partial charge in [-0.25, -0.2) is 4.99 Å². The van der Waals surface area contributed by atoms with Crippen LogP contribution in [0.1, 0.15) is 5.56 Å². The van der Waals surface area contributed by atoms with Crippen molar-refractivity contribution >= 4 is 51.7 Å². The number of amides is 1. The lowest BCUT2D eigenvalue weighted by Crippen LogP contribution is -2.28. The molecule has 0 atom stereocenters. The van der Waals surface area contributed by atoms with Crippen molar-refractivity contribution in [3.8, 4) is 5.75 Å². The Hall–Kier alpha value is -4.51. The normalized spacial score (nSPS) is 15.9. The molecular formula is C22H14N4O6S. The monoisotopic (exact) mass is 462 g/mol. The van der Waals surface area contributed by atoms with Crippen LogP contribution < -0.4 is 4.90 Å². The molecule has 1 fully saturated rings. The van der Waals surface area contributed by atoms with Crippen molar-refractivity contribution in [3.05, 3.63) is 103 Å². The van der Waals surface area contributed by atoms with Crippen molar-refractivity contribution in [1.29, 1.82) is 0 Å². The maximum Gasteiger partial charge on any atom is 0.318 e. The molecule has 1 N–H and O–H groups in total. The van der Waals surface area contributed by atoms with E-state index in [1.54, 1.807) is 54.6 Å². The molecule has 1 amide bonds. The number of para-hydroxylation sites is 2. The van der Waals surface area contributed by atoms with Crippen LogP contribution in [0.5, 0.6) is 5.75 Å². The van der Waals surface area contributed by atoms with Gasteiger partial charge in [-0.15, -0.1) is 0 Å². The van der Waals surface area contributed by atoms with Crippen molar-refractivity contribution in [2.45, 2.75) is 0 Å². The van der Waals surface area contributed by atoms with Crippen molar-refractivity contribution in [1.82, 2.24) is 0 Å². The SMILES string of the molecule is O=C1/C(=C/c2cc([N+](=O)[O-])cc([N+](=O)[O-])c2O)SC(=Nc2ccccc2)N1c1ccccc1. The Labute approximate surface area is 190 Å². The highest BCUT2D eigenvalue weighted by Crippen LogP contribution is 2.41. The molecule has 164 valence electrons. The number of phenolic OH excluding ortho intramolecular Hbond substituents is 1. The van der Waals surface area contributed by atoms with E-state index < -0.39 is 32.9 Å². The summed E-state index contributed by atoms with van der Waals surface area (Å²) in [5.41, 5.74) is -0.490. The molecule has 11 heteroatoms. The van der Waals surface area contributed by atoms with E-state index in [2.05, 4.69) is 4.99 Å². The van der Waals surface area contributed by atoms with E-state index in [1.807, 2.05) is 6.07 Å². The first-order valence-corrected chi connectivity index (χ1v) is 10.3. The molecule has 10 nitrogen and oxygen atoms in total. The zero-order valence-corrected chi connectivity index (χ0v) is 17.5. The fourth-order valence-electron chi connectivity index (χ4n) is 3.09. The molecule has 0 saturated carbocycles. The third-order valence-corrected chi connectivity index (χ3v) is 5.57. The Balaban J connectivity index is 1.84. The van der Waals surface area contributed by atoms with E-state index in [-0.39, 0.29) is 10.5 Å². The number of non-ortho nitro benzene ring substituents is 1. The highest BCUT2D eigenvalue weighted by Gasteiger charge is 2.35. The number of anilines is 1. The number of hydrogen-bond donors (Lipinski definition) is 1. The number of hydrogen-bond acceptors (Lipinski definition) is 8. The Morgan fingerprint density at radius 2 is 1.58 bits per heavy atom. The molecule has 3 aromatic carbocycles. The first-order valence-electron chi connectivity index (χ1n) is 9.43. The number of aliphatic imine (C=N–C) groups is 1. The quantitative estimate of drug-likeness (QED) is 0.319. The summed E-state index contributed by atoms with van der Waals surface area (Å²) in [5.74, 6) is -1.26. The summed E-state index contributed by atoms with van der Waals surface area (Å²) < 4.78 is 0. The molecule has 33 heavy (non-hydrogen) atoms. The molecular weight excluding hydrogens is 448 g/mol. The second-order valence-corrected chi connectivity index (χ2v) is 7.74. The zero-order chi connectivity index (χ0) is 23.5. The number of carbonyl (C=O) groups is 1. The average Bonchev–Trinajstić information content (AvgIpc) is 3.10. The summed E-state index contributed by atoms with van der Waals surface area (Å²) in [7, 11) is 0. The van der Waals surface area contributed by atoms with Crippen molar-refractivity contribution in [3.63, 3.8) is 0 Å². The molecule has 1 aliphatic heterocycles. The maximum atomic E-state index is 13.3. The summed E-state index contributed by atoms with van der Waals surface area (Å²) >= 11 is 0.985. The largest absolute Gasteiger partial charge is 0.502 e. The number of aromatic hydroxyl groups is 1. The zero-order valence-electron chi connectivity index (χ0n) is 16.7. The van der Waals surface area contributed by atoms with Crippen LogP contribution in [-0.4, -0.2) is 26.0 Å². The lowest BCUT2D eigenvalue weighted by atomic mass is 10.1. The molecule has 0 aromatic heterocycles. The van der Waals surface area contributed by atoms with Gasteiger partial charge in [0.05, 0.1) is 32.2 Å². The van der Waals surface area contributed by atoms with Gasteiger partial charge in [-0.1, -0.05) is 36.4 Å². The molecule has 0 spiro atoms. The standard InChI is InChI=1S/C22H14N4O6S/c27-20-14(11-17(25(29)30)13-18(20)26(31)32)12-19-21(28)24(16-9-5-2-6-10-16)22(33-19)23-15-7-3-1-4-8-15/h1-13,27H/b19-12-,23-22?. The van der Waals surface area contributed by atoms with Gasteiger partial charge < -0.3 is 5.11 Å². The van der Waals surface area contributed by atoms with Crippen LogP contribution in [0.25, 0.3) is 6.08 Å². The molecule has 3 aromatic rings. The van der Waals surface area contributed by atoms with E-state index in [0.29, 0.717) is 22.6 Å².